The highest BCUT2D eigenvalue weighted by atomic mass is 16.4. The Morgan fingerprint density at radius 3 is 2.76 bits per heavy atom. The van der Waals surface area contributed by atoms with Gasteiger partial charge in [-0.05, 0) is 12.5 Å². The Kier molecular flexibility index (Phi) is 4.45. The van der Waals surface area contributed by atoms with E-state index in [4.69, 9.17) is 5.11 Å². The maximum atomic E-state index is 11.7. The van der Waals surface area contributed by atoms with Crippen molar-refractivity contribution in [3.63, 3.8) is 0 Å². The van der Waals surface area contributed by atoms with Crippen LogP contribution in [0.3, 0.4) is 0 Å². The fraction of sp³-hybridized carbons (Fsp3) is 0.364. The zero-order chi connectivity index (χ0) is 12.8. The molecule has 6 heteroatoms. The fourth-order valence-corrected chi connectivity index (χ4v) is 1.36. The van der Waals surface area contributed by atoms with Crippen LogP contribution in [0.4, 0.5) is 0 Å². The molecule has 0 aliphatic heterocycles. The maximum absolute atomic E-state index is 11.7. The molecular weight excluding hydrogens is 224 g/mol. The summed E-state index contributed by atoms with van der Waals surface area (Å²) in [5.74, 6) is -1.98. The summed E-state index contributed by atoms with van der Waals surface area (Å²) in [5.41, 5.74) is 0.0161. The van der Waals surface area contributed by atoms with Gasteiger partial charge < -0.3 is 15.5 Å². The van der Waals surface area contributed by atoms with Gasteiger partial charge in [-0.3, -0.25) is 9.78 Å². The van der Waals surface area contributed by atoms with E-state index in [1.54, 1.807) is 0 Å². The smallest absolute Gasteiger partial charge is 0.326 e. The number of aromatic hydroxyl groups is 1. The Bertz CT molecular complexity index is 420. The quantitative estimate of drug-likeness (QED) is 0.703. The molecule has 0 saturated carbocycles. The number of rotatable bonds is 5. The van der Waals surface area contributed by atoms with E-state index in [-0.39, 0.29) is 11.3 Å². The lowest BCUT2D eigenvalue weighted by Crippen LogP contribution is -2.40. The largest absolute Gasteiger partial charge is 0.505 e. The van der Waals surface area contributed by atoms with Gasteiger partial charge in [0.15, 0.2) is 0 Å². The summed E-state index contributed by atoms with van der Waals surface area (Å²) in [6.45, 7) is 1.83. The SMILES string of the molecule is CCC[C@H](NC(=O)c1ccncc1O)C(=O)O. The van der Waals surface area contributed by atoms with Crippen molar-refractivity contribution in [3.8, 4) is 5.75 Å². The summed E-state index contributed by atoms with van der Waals surface area (Å²) in [6, 6.07) is 0.385. The molecule has 17 heavy (non-hydrogen) atoms. The Hall–Kier alpha value is -2.11. The number of carbonyl (C=O) groups is 2. The molecule has 6 nitrogen and oxygen atoms in total. The minimum atomic E-state index is -1.09. The molecule has 1 amide bonds. The molecule has 0 aliphatic rings. The van der Waals surface area contributed by atoms with Crippen molar-refractivity contribution in [2.45, 2.75) is 25.8 Å². The molecular formula is C11H14N2O4. The number of nitrogens with one attached hydrogen (secondary N) is 1. The van der Waals surface area contributed by atoms with Gasteiger partial charge in [0.25, 0.3) is 5.91 Å². The van der Waals surface area contributed by atoms with Crippen LogP contribution in [-0.2, 0) is 4.79 Å². The minimum absolute atomic E-state index is 0.0161. The number of carbonyl (C=O) groups excluding carboxylic acids is 1. The molecule has 0 radical (unpaired) electrons. The van der Waals surface area contributed by atoms with Crippen LogP contribution in [0.25, 0.3) is 0 Å². The average molecular weight is 238 g/mol. The van der Waals surface area contributed by atoms with Gasteiger partial charge in [0.2, 0.25) is 0 Å². The van der Waals surface area contributed by atoms with E-state index >= 15 is 0 Å². The summed E-state index contributed by atoms with van der Waals surface area (Å²) < 4.78 is 0. The maximum Gasteiger partial charge on any atom is 0.326 e. The van der Waals surface area contributed by atoms with Gasteiger partial charge in [0.1, 0.15) is 11.8 Å². The standard InChI is InChI=1S/C11H14N2O4/c1-2-3-8(11(16)17)13-10(15)7-4-5-12-6-9(7)14/h4-6,8,14H,2-3H2,1H3,(H,13,15)(H,16,17)/t8-/m0/s1. The first-order valence-electron chi connectivity index (χ1n) is 5.23. The van der Waals surface area contributed by atoms with Crippen molar-refractivity contribution in [3.05, 3.63) is 24.0 Å². The number of hydrogen-bond donors (Lipinski definition) is 3. The number of nitrogens with zero attached hydrogens (tertiary/aromatic N) is 1. The molecule has 0 spiro atoms. The van der Waals surface area contributed by atoms with Crippen LogP contribution in [-0.4, -0.2) is 33.1 Å². The number of amides is 1. The van der Waals surface area contributed by atoms with Crippen LogP contribution in [0.1, 0.15) is 30.1 Å². The second kappa shape index (κ2) is 5.83. The van der Waals surface area contributed by atoms with Crippen molar-refractivity contribution in [2.75, 3.05) is 0 Å². The number of pyridine rings is 1. The Morgan fingerprint density at radius 2 is 2.24 bits per heavy atom. The second-order valence-electron chi connectivity index (χ2n) is 3.55. The van der Waals surface area contributed by atoms with Crippen LogP contribution in [0.2, 0.25) is 0 Å². The lowest BCUT2D eigenvalue weighted by atomic mass is 10.1. The van der Waals surface area contributed by atoms with Gasteiger partial charge in [-0.15, -0.1) is 0 Å². The highest BCUT2D eigenvalue weighted by Crippen LogP contribution is 2.14. The monoisotopic (exact) mass is 238 g/mol. The van der Waals surface area contributed by atoms with E-state index in [1.165, 1.54) is 12.3 Å². The van der Waals surface area contributed by atoms with Crippen LogP contribution in [0, 0.1) is 0 Å². The molecule has 0 aromatic carbocycles. The van der Waals surface area contributed by atoms with E-state index in [2.05, 4.69) is 10.3 Å². The van der Waals surface area contributed by atoms with Gasteiger partial charge >= 0.3 is 5.97 Å². The molecule has 0 aliphatic carbocycles. The third-order valence-corrected chi connectivity index (χ3v) is 2.23. The van der Waals surface area contributed by atoms with Crippen molar-refractivity contribution in [1.29, 1.82) is 0 Å². The number of carboxylic acids is 1. The second-order valence-corrected chi connectivity index (χ2v) is 3.55. The first kappa shape index (κ1) is 13.0. The third kappa shape index (κ3) is 3.44. The molecule has 1 rings (SSSR count). The molecule has 1 aromatic rings. The lowest BCUT2D eigenvalue weighted by Gasteiger charge is -2.13. The van der Waals surface area contributed by atoms with Crippen molar-refractivity contribution in [2.24, 2.45) is 0 Å². The molecule has 1 heterocycles. The predicted molar refractivity (Wildman–Crippen MR) is 59.7 cm³/mol. The third-order valence-electron chi connectivity index (χ3n) is 2.23. The number of aromatic nitrogens is 1. The summed E-state index contributed by atoms with van der Waals surface area (Å²) >= 11 is 0. The highest BCUT2D eigenvalue weighted by molar-refractivity contribution is 5.98. The number of carboxylic acid groups (broad SMARTS) is 1. The van der Waals surface area contributed by atoms with E-state index in [9.17, 15) is 14.7 Å². The number of hydrogen-bond acceptors (Lipinski definition) is 4. The van der Waals surface area contributed by atoms with Gasteiger partial charge in [-0.1, -0.05) is 13.3 Å². The van der Waals surface area contributed by atoms with Crippen LogP contribution >= 0.6 is 0 Å². The molecule has 0 fully saturated rings. The topological polar surface area (TPSA) is 99.5 Å². The van der Waals surface area contributed by atoms with Crippen LogP contribution in [0.5, 0.6) is 5.75 Å². The molecule has 0 bridgehead atoms. The van der Waals surface area contributed by atoms with Crippen molar-refractivity contribution in [1.82, 2.24) is 10.3 Å². The summed E-state index contributed by atoms with van der Waals surface area (Å²) in [7, 11) is 0. The molecule has 92 valence electrons. The van der Waals surface area contributed by atoms with E-state index in [0.29, 0.717) is 12.8 Å². The van der Waals surface area contributed by atoms with Gasteiger partial charge in [-0.25, -0.2) is 4.79 Å². The van der Waals surface area contributed by atoms with E-state index in [0.717, 1.165) is 6.20 Å². The average Bonchev–Trinajstić information content (AvgIpc) is 2.28. The Morgan fingerprint density at radius 1 is 1.53 bits per heavy atom. The lowest BCUT2D eigenvalue weighted by molar-refractivity contribution is -0.139. The normalized spacial score (nSPS) is 11.8. The molecule has 1 aromatic heterocycles. The Balaban J connectivity index is 2.77. The predicted octanol–water partition coefficient (Wildman–Crippen LogP) is 0.770. The van der Waals surface area contributed by atoms with Gasteiger partial charge in [-0.2, -0.15) is 0 Å². The minimum Gasteiger partial charge on any atom is -0.505 e. The fourth-order valence-electron chi connectivity index (χ4n) is 1.36. The van der Waals surface area contributed by atoms with Crippen LogP contribution < -0.4 is 5.32 Å². The van der Waals surface area contributed by atoms with Gasteiger partial charge in [0, 0.05) is 6.20 Å². The van der Waals surface area contributed by atoms with Crippen molar-refractivity contribution >= 4 is 11.9 Å². The first-order valence-corrected chi connectivity index (χ1v) is 5.23. The molecule has 1 atom stereocenters. The highest BCUT2D eigenvalue weighted by Gasteiger charge is 2.20. The molecule has 0 saturated heterocycles. The van der Waals surface area contributed by atoms with Crippen LogP contribution in [0.15, 0.2) is 18.5 Å². The zero-order valence-corrected chi connectivity index (χ0v) is 9.38. The summed E-state index contributed by atoms with van der Waals surface area (Å²) in [5, 5.41) is 20.6. The summed E-state index contributed by atoms with van der Waals surface area (Å²) in [6.07, 6.45) is 3.46. The van der Waals surface area contributed by atoms with E-state index in [1.807, 2.05) is 6.92 Å². The first-order chi connectivity index (χ1) is 8.06. The molecule has 0 unspecified atom stereocenters. The molecule has 3 N–H and O–H groups in total. The Labute approximate surface area is 98.3 Å². The van der Waals surface area contributed by atoms with Crippen molar-refractivity contribution < 1.29 is 19.8 Å². The van der Waals surface area contributed by atoms with E-state index < -0.39 is 17.9 Å². The number of aliphatic carboxylic acids is 1. The van der Waals surface area contributed by atoms with Gasteiger partial charge in [0.05, 0.1) is 11.8 Å². The zero-order valence-electron chi connectivity index (χ0n) is 9.38. The summed E-state index contributed by atoms with van der Waals surface area (Å²) in [4.78, 5) is 26.2.